The van der Waals surface area contributed by atoms with Crippen LogP contribution < -0.4 is 10.5 Å². The molecule has 0 saturated heterocycles. The highest BCUT2D eigenvalue weighted by molar-refractivity contribution is 7.89. The molecule has 0 aromatic heterocycles. The second kappa shape index (κ2) is 7.49. The normalized spacial score (nSPS) is 17.1. The van der Waals surface area contributed by atoms with Crippen LogP contribution in [0.4, 0.5) is 0 Å². The van der Waals surface area contributed by atoms with Crippen LogP contribution in [0.25, 0.3) is 0 Å². The van der Waals surface area contributed by atoms with Crippen molar-refractivity contribution in [1.29, 1.82) is 0 Å². The fourth-order valence-corrected chi connectivity index (χ4v) is 3.38. The van der Waals surface area contributed by atoms with Crippen LogP contribution in [-0.2, 0) is 24.3 Å². The Bertz CT molecular complexity index is 828. The van der Waals surface area contributed by atoms with Crippen molar-refractivity contribution in [3.63, 3.8) is 0 Å². The lowest BCUT2D eigenvalue weighted by Gasteiger charge is -2.30. The number of amides is 1. The number of carbonyl (C=O) groups is 2. The molecule has 1 unspecified atom stereocenters. The maximum Gasteiger partial charge on any atom is 0.339 e. The molecule has 0 saturated carbocycles. The molecule has 3 N–H and O–H groups in total. The molecule has 1 aromatic rings. The topological polar surface area (TPSA) is 119 Å². The van der Waals surface area contributed by atoms with Gasteiger partial charge in [-0.1, -0.05) is 17.7 Å². The Morgan fingerprint density at radius 3 is 2.48 bits per heavy atom. The number of nitrogens with one attached hydrogen (secondary N) is 1. The van der Waals surface area contributed by atoms with E-state index in [9.17, 15) is 18.0 Å². The fourth-order valence-electron chi connectivity index (χ4n) is 2.22. The van der Waals surface area contributed by atoms with Crippen LogP contribution in [0.2, 0.25) is 0 Å². The summed E-state index contributed by atoms with van der Waals surface area (Å²) in [5.41, 5.74) is 6.31. The number of methoxy groups -OCH3 is 1. The van der Waals surface area contributed by atoms with E-state index < -0.39 is 28.1 Å². The Labute approximate surface area is 146 Å². The molecule has 9 heteroatoms. The first-order valence-corrected chi connectivity index (χ1v) is 8.82. The first kappa shape index (κ1) is 18.7. The van der Waals surface area contributed by atoms with E-state index in [2.05, 4.69) is 9.46 Å². The highest BCUT2D eigenvalue weighted by Gasteiger charge is 2.26. The lowest BCUT2D eigenvalue weighted by Crippen LogP contribution is -2.48. The number of esters is 1. The Balaban J connectivity index is 2.26. The summed E-state index contributed by atoms with van der Waals surface area (Å²) < 4.78 is 32.1. The van der Waals surface area contributed by atoms with Crippen molar-refractivity contribution < 1.29 is 22.7 Å². The second-order valence-corrected chi connectivity index (χ2v) is 7.17. The number of nitrogens with two attached hydrogens (primary N) is 1. The molecular weight excluding hydrogens is 346 g/mol. The van der Waals surface area contributed by atoms with E-state index in [1.54, 1.807) is 12.1 Å². The van der Waals surface area contributed by atoms with Crippen LogP contribution in [0, 0.1) is 6.92 Å². The Morgan fingerprint density at radius 2 is 1.92 bits per heavy atom. The number of ether oxygens (including phenoxy) is 1. The summed E-state index contributed by atoms with van der Waals surface area (Å²) in [4.78, 5) is 24.3. The summed E-state index contributed by atoms with van der Waals surface area (Å²) in [6.45, 7) is 1.58. The van der Waals surface area contributed by atoms with Gasteiger partial charge in [0.2, 0.25) is 15.9 Å². The van der Waals surface area contributed by atoms with Gasteiger partial charge in [-0.25, -0.2) is 13.2 Å². The van der Waals surface area contributed by atoms with Gasteiger partial charge in [-0.2, -0.15) is 4.72 Å². The van der Waals surface area contributed by atoms with Gasteiger partial charge in [-0.15, -0.1) is 0 Å². The summed E-state index contributed by atoms with van der Waals surface area (Å²) in [5, 5.41) is 0. The third-order valence-electron chi connectivity index (χ3n) is 3.49. The highest BCUT2D eigenvalue weighted by atomic mass is 32.2. The maximum absolute atomic E-state index is 12.5. The SMILES string of the molecule is COC(=O)C1=CN(CC(N)=O)C(NS(=O)(=O)c2ccc(C)cc2)C=C1. The monoisotopic (exact) mass is 365 g/mol. The van der Waals surface area contributed by atoms with Crippen molar-refractivity contribution in [3.8, 4) is 0 Å². The van der Waals surface area contributed by atoms with Crippen LogP contribution in [0.5, 0.6) is 0 Å². The number of sulfonamides is 1. The molecule has 0 spiro atoms. The minimum atomic E-state index is -3.83. The molecule has 0 fully saturated rings. The standard InChI is InChI=1S/C16H19N3O5S/c1-11-3-6-13(7-4-11)25(22,23)18-15-8-5-12(16(21)24-2)9-19(15)10-14(17)20/h3-9,15,18H,10H2,1-2H3,(H2,17,20). The molecule has 0 aliphatic carbocycles. The molecule has 25 heavy (non-hydrogen) atoms. The lowest BCUT2D eigenvalue weighted by molar-refractivity contribution is -0.136. The first-order valence-electron chi connectivity index (χ1n) is 7.34. The van der Waals surface area contributed by atoms with Crippen molar-refractivity contribution in [2.45, 2.75) is 18.0 Å². The molecule has 1 atom stereocenters. The highest BCUT2D eigenvalue weighted by Crippen LogP contribution is 2.17. The third kappa shape index (κ3) is 4.68. The number of primary amides is 1. The molecule has 1 aliphatic heterocycles. The quantitative estimate of drug-likeness (QED) is 0.686. The van der Waals surface area contributed by atoms with Crippen molar-refractivity contribution in [2.75, 3.05) is 13.7 Å². The van der Waals surface area contributed by atoms with Gasteiger partial charge in [0.25, 0.3) is 0 Å². The van der Waals surface area contributed by atoms with Crippen molar-refractivity contribution in [2.24, 2.45) is 5.73 Å². The van der Waals surface area contributed by atoms with Gasteiger partial charge in [0.15, 0.2) is 0 Å². The van der Waals surface area contributed by atoms with E-state index in [4.69, 9.17) is 5.73 Å². The van der Waals surface area contributed by atoms with Crippen LogP contribution >= 0.6 is 0 Å². The van der Waals surface area contributed by atoms with E-state index in [1.807, 2.05) is 6.92 Å². The minimum Gasteiger partial charge on any atom is -0.465 e. The Hall–Kier alpha value is -2.65. The average Bonchev–Trinajstić information content (AvgIpc) is 2.55. The van der Waals surface area contributed by atoms with E-state index in [-0.39, 0.29) is 17.0 Å². The number of carbonyl (C=O) groups excluding carboxylic acids is 2. The predicted octanol–water partition coefficient (Wildman–Crippen LogP) is 0.0134. The number of rotatable bonds is 6. The van der Waals surface area contributed by atoms with Crippen molar-refractivity contribution in [1.82, 2.24) is 9.62 Å². The first-order chi connectivity index (χ1) is 11.7. The third-order valence-corrected chi connectivity index (χ3v) is 4.93. The van der Waals surface area contributed by atoms with E-state index in [0.29, 0.717) is 0 Å². The van der Waals surface area contributed by atoms with Gasteiger partial charge in [0.1, 0.15) is 6.17 Å². The summed E-state index contributed by atoms with van der Waals surface area (Å²) in [6.07, 6.45) is 3.33. The summed E-state index contributed by atoms with van der Waals surface area (Å²) in [5.74, 6) is -1.28. The molecule has 0 bridgehead atoms. The molecule has 0 radical (unpaired) electrons. The van der Waals surface area contributed by atoms with Gasteiger partial charge < -0.3 is 15.4 Å². The average molecular weight is 365 g/mol. The van der Waals surface area contributed by atoms with Gasteiger partial charge in [-0.05, 0) is 31.2 Å². The summed E-state index contributed by atoms with van der Waals surface area (Å²) in [7, 11) is -2.61. The molecule has 1 amide bonds. The molecule has 2 rings (SSSR count). The molecular formula is C16H19N3O5S. The molecule has 1 heterocycles. The number of benzene rings is 1. The number of aryl methyl sites for hydroxylation is 1. The van der Waals surface area contributed by atoms with Crippen LogP contribution in [0.1, 0.15) is 5.56 Å². The van der Waals surface area contributed by atoms with Gasteiger partial charge in [0, 0.05) is 6.20 Å². The molecule has 8 nitrogen and oxygen atoms in total. The summed E-state index contributed by atoms with van der Waals surface area (Å²) >= 11 is 0. The van der Waals surface area contributed by atoms with Gasteiger partial charge in [0.05, 0.1) is 24.1 Å². The van der Waals surface area contributed by atoms with Crippen LogP contribution in [0.15, 0.2) is 53.1 Å². The van der Waals surface area contributed by atoms with E-state index in [0.717, 1.165) is 5.56 Å². The lowest BCUT2D eigenvalue weighted by atomic mass is 10.2. The van der Waals surface area contributed by atoms with E-state index >= 15 is 0 Å². The van der Waals surface area contributed by atoms with E-state index in [1.165, 1.54) is 42.5 Å². The maximum atomic E-state index is 12.5. The molecule has 1 aromatic carbocycles. The second-order valence-electron chi connectivity index (χ2n) is 5.45. The van der Waals surface area contributed by atoms with Gasteiger partial charge in [-0.3, -0.25) is 4.79 Å². The van der Waals surface area contributed by atoms with Gasteiger partial charge >= 0.3 is 5.97 Å². The Morgan fingerprint density at radius 1 is 1.28 bits per heavy atom. The van der Waals surface area contributed by atoms with Crippen molar-refractivity contribution >= 4 is 21.9 Å². The largest absolute Gasteiger partial charge is 0.465 e. The van der Waals surface area contributed by atoms with Crippen LogP contribution in [0.3, 0.4) is 0 Å². The molecule has 134 valence electrons. The predicted molar refractivity (Wildman–Crippen MR) is 90.4 cm³/mol. The van der Waals surface area contributed by atoms with Crippen molar-refractivity contribution in [3.05, 3.63) is 53.8 Å². The number of hydrogen-bond acceptors (Lipinski definition) is 6. The smallest absolute Gasteiger partial charge is 0.339 e. The Kier molecular flexibility index (Phi) is 5.60. The molecule has 1 aliphatic rings. The number of nitrogens with zero attached hydrogens (tertiary/aromatic N) is 1. The number of hydrogen-bond donors (Lipinski definition) is 2. The summed E-state index contributed by atoms with van der Waals surface area (Å²) in [6, 6.07) is 6.33. The van der Waals surface area contributed by atoms with Crippen LogP contribution in [-0.4, -0.2) is 45.0 Å². The zero-order valence-corrected chi connectivity index (χ0v) is 14.6. The zero-order valence-electron chi connectivity index (χ0n) is 13.8. The minimum absolute atomic E-state index is 0.0910. The zero-order chi connectivity index (χ0) is 18.6. The fraction of sp³-hybridized carbons (Fsp3) is 0.250.